The lowest BCUT2D eigenvalue weighted by molar-refractivity contribution is 0.200. The molecule has 22 heavy (non-hydrogen) atoms. The molecule has 0 aliphatic carbocycles. The zero-order valence-corrected chi connectivity index (χ0v) is 17.4. The van der Waals surface area contributed by atoms with E-state index in [0.29, 0.717) is 6.04 Å². The fraction of sp³-hybridized carbons (Fsp3) is 0.333. The Morgan fingerprint density at radius 2 is 1.82 bits per heavy atom. The minimum Gasteiger partial charge on any atom is -0.314 e. The SMILES string of the molecule is Brc1ccc(Br)c([C@H](c2cccs2)N2CCNCC2)c1.Cl.Cl. The molecule has 1 aliphatic heterocycles. The van der Waals surface area contributed by atoms with E-state index in [2.05, 4.69) is 77.8 Å². The predicted octanol–water partition coefficient (Wildman–Crippen LogP) is 5.11. The molecule has 2 nitrogen and oxygen atoms in total. The van der Waals surface area contributed by atoms with Crippen LogP contribution in [-0.2, 0) is 0 Å². The zero-order valence-electron chi connectivity index (χ0n) is 11.8. The van der Waals surface area contributed by atoms with Crippen molar-refractivity contribution in [3.63, 3.8) is 0 Å². The van der Waals surface area contributed by atoms with Crippen LogP contribution in [0.5, 0.6) is 0 Å². The summed E-state index contributed by atoms with van der Waals surface area (Å²) in [4.78, 5) is 3.97. The van der Waals surface area contributed by atoms with Gasteiger partial charge in [-0.2, -0.15) is 0 Å². The van der Waals surface area contributed by atoms with Gasteiger partial charge in [-0.05, 0) is 35.2 Å². The van der Waals surface area contributed by atoms with Crippen molar-refractivity contribution in [2.45, 2.75) is 6.04 Å². The van der Waals surface area contributed by atoms with Crippen LogP contribution in [0, 0.1) is 0 Å². The van der Waals surface area contributed by atoms with E-state index in [4.69, 9.17) is 0 Å². The average Bonchev–Trinajstić information content (AvgIpc) is 2.98. The first-order valence-electron chi connectivity index (χ1n) is 6.69. The molecule has 1 fully saturated rings. The molecular formula is C15H18Br2Cl2N2S. The highest BCUT2D eigenvalue weighted by Gasteiger charge is 2.26. The summed E-state index contributed by atoms with van der Waals surface area (Å²) in [6.07, 6.45) is 0. The number of halogens is 4. The van der Waals surface area contributed by atoms with Crippen molar-refractivity contribution in [3.05, 3.63) is 55.1 Å². The van der Waals surface area contributed by atoms with E-state index in [-0.39, 0.29) is 24.8 Å². The smallest absolute Gasteiger partial charge is 0.0708 e. The number of thiophene rings is 1. The number of hydrogen-bond acceptors (Lipinski definition) is 3. The molecule has 1 atom stereocenters. The molecule has 0 saturated carbocycles. The van der Waals surface area contributed by atoms with Crippen molar-refractivity contribution in [3.8, 4) is 0 Å². The van der Waals surface area contributed by atoms with Crippen molar-refractivity contribution in [1.29, 1.82) is 0 Å². The van der Waals surface area contributed by atoms with Gasteiger partial charge in [0.25, 0.3) is 0 Å². The molecule has 2 heterocycles. The molecule has 122 valence electrons. The quantitative estimate of drug-likeness (QED) is 0.645. The van der Waals surface area contributed by atoms with Crippen LogP contribution in [0.1, 0.15) is 16.5 Å². The Labute approximate surface area is 164 Å². The first kappa shape index (κ1) is 20.4. The molecule has 1 saturated heterocycles. The molecule has 0 unspecified atom stereocenters. The third-order valence-corrected chi connectivity index (χ3v) is 5.72. The van der Waals surface area contributed by atoms with Crippen LogP contribution in [0.25, 0.3) is 0 Å². The Morgan fingerprint density at radius 1 is 1.09 bits per heavy atom. The largest absolute Gasteiger partial charge is 0.314 e. The van der Waals surface area contributed by atoms with Gasteiger partial charge >= 0.3 is 0 Å². The molecule has 0 radical (unpaired) electrons. The third-order valence-electron chi connectivity index (χ3n) is 3.58. The fourth-order valence-electron chi connectivity index (χ4n) is 2.64. The Balaban J connectivity index is 0.00000121. The monoisotopic (exact) mass is 486 g/mol. The van der Waals surface area contributed by atoms with Crippen molar-refractivity contribution in [2.75, 3.05) is 26.2 Å². The van der Waals surface area contributed by atoms with Gasteiger partial charge in [0.1, 0.15) is 0 Å². The third kappa shape index (κ3) is 4.69. The van der Waals surface area contributed by atoms with Crippen LogP contribution in [0.4, 0.5) is 0 Å². The van der Waals surface area contributed by atoms with Gasteiger partial charge in [-0.25, -0.2) is 0 Å². The maximum absolute atomic E-state index is 3.72. The molecule has 1 aromatic carbocycles. The van der Waals surface area contributed by atoms with Crippen LogP contribution in [0.15, 0.2) is 44.7 Å². The first-order valence-corrected chi connectivity index (χ1v) is 9.15. The highest BCUT2D eigenvalue weighted by atomic mass is 79.9. The highest BCUT2D eigenvalue weighted by Crippen LogP contribution is 2.37. The van der Waals surface area contributed by atoms with Crippen LogP contribution < -0.4 is 5.32 Å². The van der Waals surface area contributed by atoms with Crippen LogP contribution in [0.3, 0.4) is 0 Å². The minimum atomic E-state index is 0. The Kier molecular flexibility index (Phi) is 8.93. The zero-order chi connectivity index (χ0) is 13.9. The van der Waals surface area contributed by atoms with E-state index >= 15 is 0 Å². The lowest BCUT2D eigenvalue weighted by atomic mass is 10.0. The van der Waals surface area contributed by atoms with Crippen LogP contribution in [-0.4, -0.2) is 31.1 Å². The van der Waals surface area contributed by atoms with E-state index in [1.54, 1.807) is 0 Å². The van der Waals surface area contributed by atoms with Gasteiger partial charge in [0.15, 0.2) is 0 Å². The summed E-state index contributed by atoms with van der Waals surface area (Å²) >= 11 is 9.16. The first-order chi connectivity index (χ1) is 9.75. The summed E-state index contributed by atoms with van der Waals surface area (Å²) in [5.74, 6) is 0. The van der Waals surface area contributed by atoms with Crippen molar-refractivity contribution in [1.82, 2.24) is 10.2 Å². The van der Waals surface area contributed by atoms with Gasteiger partial charge in [-0.3, -0.25) is 4.90 Å². The molecule has 3 rings (SSSR count). The number of rotatable bonds is 3. The second-order valence-corrected chi connectivity index (χ2v) is 7.62. The van der Waals surface area contributed by atoms with E-state index in [0.717, 1.165) is 30.7 Å². The van der Waals surface area contributed by atoms with Gasteiger partial charge < -0.3 is 5.32 Å². The molecule has 0 amide bonds. The summed E-state index contributed by atoms with van der Waals surface area (Å²) in [6.45, 7) is 4.30. The summed E-state index contributed by atoms with van der Waals surface area (Å²) < 4.78 is 2.31. The molecule has 1 aliphatic rings. The van der Waals surface area contributed by atoms with Gasteiger partial charge in [-0.1, -0.05) is 37.9 Å². The molecule has 0 bridgehead atoms. The molecule has 2 aromatic rings. The lowest BCUT2D eigenvalue weighted by Crippen LogP contribution is -2.45. The Morgan fingerprint density at radius 3 is 2.45 bits per heavy atom. The van der Waals surface area contributed by atoms with Gasteiger partial charge in [-0.15, -0.1) is 36.2 Å². The van der Waals surface area contributed by atoms with Crippen LogP contribution >= 0.6 is 68.0 Å². The van der Waals surface area contributed by atoms with Crippen molar-refractivity contribution >= 4 is 68.0 Å². The Bertz CT molecular complexity index is 575. The second-order valence-electron chi connectivity index (χ2n) is 4.87. The number of benzene rings is 1. The molecule has 7 heteroatoms. The number of piperazine rings is 1. The topological polar surface area (TPSA) is 15.3 Å². The van der Waals surface area contributed by atoms with E-state index < -0.39 is 0 Å². The highest BCUT2D eigenvalue weighted by molar-refractivity contribution is 9.11. The van der Waals surface area contributed by atoms with E-state index in [1.165, 1.54) is 14.9 Å². The van der Waals surface area contributed by atoms with E-state index in [1.807, 2.05) is 11.3 Å². The predicted molar refractivity (Wildman–Crippen MR) is 107 cm³/mol. The molecule has 0 spiro atoms. The number of nitrogens with zero attached hydrogens (tertiary/aromatic N) is 1. The van der Waals surface area contributed by atoms with Gasteiger partial charge in [0.05, 0.1) is 6.04 Å². The van der Waals surface area contributed by atoms with Gasteiger partial charge in [0, 0.05) is 40.0 Å². The van der Waals surface area contributed by atoms with Crippen molar-refractivity contribution in [2.24, 2.45) is 0 Å². The van der Waals surface area contributed by atoms with E-state index in [9.17, 15) is 0 Å². The summed E-state index contributed by atoms with van der Waals surface area (Å²) in [5, 5.41) is 5.60. The number of hydrogen-bond donors (Lipinski definition) is 1. The average molecular weight is 489 g/mol. The Hall–Kier alpha value is 0.380. The van der Waals surface area contributed by atoms with Crippen LogP contribution in [0.2, 0.25) is 0 Å². The second kappa shape index (κ2) is 9.62. The summed E-state index contributed by atoms with van der Waals surface area (Å²) in [5.41, 5.74) is 1.34. The van der Waals surface area contributed by atoms with Gasteiger partial charge in [0.2, 0.25) is 0 Å². The maximum Gasteiger partial charge on any atom is 0.0708 e. The lowest BCUT2D eigenvalue weighted by Gasteiger charge is -2.35. The fourth-order valence-corrected chi connectivity index (χ4v) is 4.36. The standard InChI is InChI=1S/C15H16Br2N2S.2ClH/c16-11-3-4-13(17)12(10-11)15(14-2-1-9-20-14)19-7-5-18-6-8-19;;/h1-4,9-10,15,18H,5-8H2;2*1H/t15-;;/m1../s1. The normalized spacial score (nSPS) is 16.5. The summed E-state index contributed by atoms with van der Waals surface area (Å²) in [6, 6.07) is 11.2. The molecule has 1 N–H and O–H groups in total. The molecule has 1 aromatic heterocycles. The maximum atomic E-state index is 3.72. The number of nitrogens with one attached hydrogen (secondary N) is 1. The molecular weight excluding hydrogens is 471 g/mol. The minimum absolute atomic E-state index is 0. The van der Waals surface area contributed by atoms with Crippen molar-refractivity contribution < 1.29 is 0 Å². The summed E-state index contributed by atoms with van der Waals surface area (Å²) in [7, 11) is 0.